The van der Waals surface area contributed by atoms with E-state index >= 15 is 0 Å². The first-order valence-electron chi connectivity index (χ1n) is 9.13. The largest absolute Gasteiger partial charge is 0.497 e. The Hall–Kier alpha value is -2.87. The molecule has 0 fully saturated rings. The number of nitrogens with zero attached hydrogens (tertiary/aromatic N) is 4. The zero-order chi connectivity index (χ0) is 19.4. The van der Waals surface area contributed by atoms with E-state index in [0.717, 1.165) is 22.5 Å². The van der Waals surface area contributed by atoms with Gasteiger partial charge >= 0.3 is 0 Å². The third-order valence-electron chi connectivity index (χ3n) is 4.38. The Morgan fingerprint density at radius 1 is 1.22 bits per heavy atom. The molecule has 0 amide bonds. The van der Waals surface area contributed by atoms with Crippen molar-refractivity contribution in [2.24, 2.45) is 5.73 Å². The van der Waals surface area contributed by atoms with E-state index in [1.54, 1.807) is 11.6 Å². The summed E-state index contributed by atoms with van der Waals surface area (Å²) in [5, 5.41) is 11.1. The van der Waals surface area contributed by atoms with Crippen molar-refractivity contribution in [1.29, 1.82) is 0 Å². The highest BCUT2D eigenvalue weighted by Gasteiger charge is 2.17. The number of benzene rings is 1. The molecule has 2 aromatic heterocycles. The summed E-state index contributed by atoms with van der Waals surface area (Å²) in [5.74, 6) is 2.29. The lowest BCUT2D eigenvalue weighted by Gasteiger charge is -2.17. The fourth-order valence-electron chi connectivity index (χ4n) is 2.85. The van der Waals surface area contributed by atoms with E-state index in [9.17, 15) is 0 Å². The van der Waals surface area contributed by atoms with E-state index in [1.165, 1.54) is 0 Å². The maximum absolute atomic E-state index is 5.61. The first-order chi connectivity index (χ1) is 13.0. The molecule has 0 bridgehead atoms. The summed E-state index contributed by atoms with van der Waals surface area (Å²) >= 11 is 0. The lowest BCUT2D eigenvalue weighted by atomic mass is 10.1. The Morgan fingerprint density at radius 2 is 2.04 bits per heavy atom. The van der Waals surface area contributed by atoms with E-state index in [1.807, 2.05) is 24.4 Å². The van der Waals surface area contributed by atoms with Crippen LogP contribution in [0.1, 0.15) is 43.9 Å². The summed E-state index contributed by atoms with van der Waals surface area (Å²) in [7, 11) is 1.66. The SMILES string of the molecule is COc1cccc(C(C)Nc2nc(NCCN)nc3c(C(C)C)cnn23)c1. The molecule has 3 aromatic rings. The third kappa shape index (κ3) is 4.11. The number of ether oxygens (including phenoxy) is 1. The summed E-state index contributed by atoms with van der Waals surface area (Å²) in [4.78, 5) is 9.22. The van der Waals surface area contributed by atoms with Crippen molar-refractivity contribution in [1.82, 2.24) is 19.6 Å². The molecule has 0 aliphatic rings. The minimum Gasteiger partial charge on any atom is -0.497 e. The van der Waals surface area contributed by atoms with Crippen LogP contribution in [-0.4, -0.2) is 39.8 Å². The summed E-state index contributed by atoms with van der Waals surface area (Å²) in [6.45, 7) is 7.43. The molecule has 0 radical (unpaired) electrons. The molecule has 2 heterocycles. The Morgan fingerprint density at radius 3 is 2.74 bits per heavy atom. The van der Waals surface area contributed by atoms with Crippen molar-refractivity contribution in [3.05, 3.63) is 41.6 Å². The fourth-order valence-corrected chi connectivity index (χ4v) is 2.85. The van der Waals surface area contributed by atoms with Crippen molar-refractivity contribution in [3.63, 3.8) is 0 Å². The highest BCUT2D eigenvalue weighted by atomic mass is 16.5. The molecule has 0 aliphatic heterocycles. The number of anilines is 2. The van der Waals surface area contributed by atoms with Crippen LogP contribution in [-0.2, 0) is 0 Å². The normalized spacial score (nSPS) is 12.4. The molecule has 1 unspecified atom stereocenters. The molecular weight excluding hydrogens is 342 g/mol. The minimum absolute atomic E-state index is 0.00672. The summed E-state index contributed by atoms with van der Waals surface area (Å²) in [6, 6.07) is 7.96. The van der Waals surface area contributed by atoms with E-state index in [0.29, 0.717) is 30.9 Å². The first-order valence-corrected chi connectivity index (χ1v) is 9.13. The van der Waals surface area contributed by atoms with Crippen LogP contribution in [0.3, 0.4) is 0 Å². The maximum atomic E-state index is 5.61. The second-order valence-corrected chi connectivity index (χ2v) is 6.72. The van der Waals surface area contributed by atoms with Crippen LogP contribution in [0.2, 0.25) is 0 Å². The Balaban J connectivity index is 1.98. The van der Waals surface area contributed by atoms with E-state index in [2.05, 4.69) is 52.5 Å². The highest BCUT2D eigenvalue weighted by Crippen LogP contribution is 2.25. The van der Waals surface area contributed by atoms with Crippen molar-refractivity contribution in [2.45, 2.75) is 32.7 Å². The van der Waals surface area contributed by atoms with Gasteiger partial charge in [-0.05, 0) is 30.5 Å². The molecule has 0 saturated carbocycles. The molecule has 1 atom stereocenters. The van der Waals surface area contributed by atoms with Gasteiger partial charge in [0.25, 0.3) is 0 Å². The number of hydrogen-bond donors (Lipinski definition) is 3. The molecule has 8 heteroatoms. The average Bonchev–Trinajstić information content (AvgIpc) is 3.11. The molecule has 8 nitrogen and oxygen atoms in total. The van der Waals surface area contributed by atoms with Gasteiger partial charge in [-0.2, -0.15) is 19.6 Å². The van der Waals surface area contributed by atoms with Crippen LogP contribution < -0.4 is 21.1 Å². The zero-order valence-electron chi connectivity index (χ0n) is 16.2. The summed E-state index contributed by atoms with van der Waals surface area (Å²) in [6.07, 6.45) is 1.85. The second-order valence-electron chi connectivity index (χ2n) is 6.72. The summed E-state index contributed by atoms with van der Waals surface area (Å²) in [5.41, 5.74) is 8.56. The predicted octanol–water partition coefficient (Wildman–Crippen LogP) is 2.80. The van der Waals surface area contributed by atoms with Crippen LogP contribution >= 0.6 is 0 Å². The topological polar surface area (TPSA) is 102 Å². The lowest BCUT2D eigenvalue weighted by molar-refractivity contribution is 0.414. The number of rotatable bonds is 8. The predicted molar refractivity (Wildman–Crippen MR) is 107 cm³/mol. The standard InChI is InChI=1S/C19H27N7O/c1-12(2)16-11-22-26-17(16)24-18(21-9-8-20)25-19(26)23-13(3)14-6-5-7-15(10-14)27-4/h5-7,10-13H,8-9,20H2,1-4H3,(H2,21,23,24,25). The number of nitrogens with one attached hydrogen (secondary N) is 2. The fraction of sp³-hybridized carbons (Fsp3) is 0.421. The van der Waals surface area contributed by atoms with Gasteiger partial charge in [0.15, 0.2) is 5.65 Å². The van der Waals surface area contributed by atoms with Gasteiger partial charge in [-0.25, -0.2) is 0 Å². The molecule has 4 N–H and O–H groups in total. The first kappa shape index (κ1) is 18.9. The van der Waals surface area contributed by atoms with Crippen LogP contribution in [0, 0.1) is 0 Å². The molecule has 1 aromatic carbocycles. The van der Waals surface area contributed by atoms with Gasteiger partial charge in [-0.3, -0.25) is 0 Å². The van der Waals surface area contributed by atoms with Crippen molar-refractivity contribution < 1.29 is 4.74 Å². The minimum atomic E-state index is 0.00672. The Labute approximate surface area is 159 Å². The van der Waals surface area contributed by atoms with E-state index in [4.69, 9.17) is 10.5 Å². The van der Waals surface area contributed by atoms with E-state index in [-0.39, 0.29) is 6.04 Å². The lowest BCUT2D eigenvalue weighted by Crippen LogP contribution is -2.18. The number of nitrogens with two attached hydrogens (primary N) is 1. The van der Waals surface area contributed by atoms with Crippen molar-refractivity contribution in [3.8, 4) is 5.75 Å². The number of hydrogen-bond acceptors (Lipinski definition) is 7. The van der Waals surface area contributed by atoms with Gasteiger partial charge in [-0.15, -0.1) is 0 Å². The Kier molecular flexibility index (Phi) is 5.75. The quantitative estimate of drug-likeness (QED) is 0.561. The van der Waals surface area contributed by atoms with Gasteiger partial charge in [-0.1, -0.05) is 26.0 Å². The molecule has 0 saturated heterocycles. The molecule has 0 aliphatic carbocycles. The smallest absolute Gasteiger partial charge is 0.229 e. The number of aromatic nitrogens is 4. The van der Waals surface area contributed by atoms with Crippen LogP contribution in [0.25, 0.3) is 5.65 Å². The molecule has 3 rings (SSSR count). The second kappa shape index (κ2) is 8.22. The number of fused-ring (bicyclic) bond motifs is 1. The van der Waals surface area contributed by atoms with Crippen molar-refractivity contribution in [2.75, 3.05) is 30.8 Å². The number of methoxy groups -OCH3 is 1. The Bertz CT molecular complexity index is 906. The van der Waals surface area contributed by atoms with Crippen molar-refractivity contribution >= 4 is 17.5 Å². The molecule has 144 valence electrons. The molecular formula is C19H27N7O. The third-order valence-corrected chi connectivity index (χ3v) is 4.38. The zero-order valence-corrected chi connectivity index (χ0v) is 16.2. The molecule has 27 heavy (non-hydrogen) atoms. The highest BCUT2D eigenvalue weighted by molar-refractivity contribution is 5.56. The average molecular weight is 369 g/mol. The van der Waals surface area contributed by atoms with Crippen LogP contribution in [0.4, 0.5) is 11.9 Å². The van der Waals surface area contributed by atoms with E-state index < -0.39 is 0 Å². The van der Waals surface area contributed by atoms with Gasteiger partial charge in [0.05, 0.1) is 19.3 Å². The maximum Gasteiger partial charge on any atom is 0.229 e. The van der Waals surface area contributed by atoms with Crippen LogP contribution in [0.15, 0.2) is 30.5 Å². The molecule has 0 spiro atoms. The van der Waals surface area contributed by atoms with Gasteiger partial charge in [0.1, 0.15) is 5.75 Å². The van der Waals surface area contributed by atoms with Gasteiger partial charge in [0.2, 0.25) is 11.9 Å². The van der Waals surface area contributed by atoms with Gasteiger partial charge < -0.3 is 21.1 Å². The summed E-state index contributed by atoms with van der Waals surface area (Å²) < 4.78 is 7.08. The van der Waals surface area contributed by atoms with Crippen LogP contribution in [0.5, 0.6) is 5.75 Å². The monoisotopic (exact) mass is 369 g/mol. The van der Waals surface area contributed by atoms with Gasteiger partial charge in [0, 0.05) is 18.7 Å².